The molecule has 0 aliphatic heterocycles. The third-order valence-corrected chi connectivity index (χ3v) is 3.03. The summed E-state index contributed by atoms with van der Waals surface area (Å²) in [5.74, 6) is 1.27. The normalized spacial score (nSPS) is 10.1. The Bertz CT molecular complexity index is 584. The van der Waals surface area contributed by atoms with Gasteiger partial charge >= 0.3 is 0 Å². The fourth-order valence-corrected chi connectivity index (χ4v) is 1.95. The fraction of sp³-hybridized carbons (Fsp3) is 0.0769. The maximum Gasteiger partial charge on any atom is 0.145 e. The molecule has 0 aliphatic rings. The van der Waals surface area contributed by atoms with E-state index in [1.54, 1.807) is 6.20 Å². The third kappa shape index (κ3) is 3.05. The van der Waals surface area contributed by atoms with E-state index >= 15 is 0 Å². The summed E-state index contributed by atoms with van der Waals surface area (Å²) in [6.07, 6.45) is 1.67. The highest BCUT2D eigenvalue weighted by atomic mass is 79.9. The average Bonchev–Trinajstić information content (AvgIpc) is 2.34. The highest BCUT2D eigenvalue weighted by molar-refractivity contribution is 9.10. The Morgan fingerprint density at radius 2 is 2.11 bits per heavy atom. The molecule has 0 atom stereocenters. The molecule has 0 saturated heterocycles. The van der Waals surface area contributed by atoms with Crippen LogP contribution >= 0.6 is 28.1 Å². The molecule has 18 heavy (non-hydrogen) atoms. The summed E-state index contributed by atoms with van der Waals surface area (Å²) in [7, 11) is 0. The van der Waals surface area contributed by atoms with E-state index in [2.05, 4.69) is 20.9 Å². The van der Waals surface area contributed by atoms with E-state index in [0.29, 0.717) is 22.1 Å². The van der Waals surface area contributed by atoms with Crippen molar-refractivity contribution in [3.8, 4) is 11.5 Å². The van der Waals surface area contributed by atoms with Crippen molar-refractivity contribution in [1.82, 2.24) is 4.98 Å². The lowest BCUT2D eigenvalue weighted by Gasteiger charge is -2.10. The molecule has 0 bridgehead atoms. The smallest absolute Gasteiger partial charge is 0.145 e. The minimum atomic E-state index is 0.298. The summed E-state index contributed by atoms with van der Waals surface area (Å²) in [5, 5.41) is 0. The van der Waals surface area contributed by atoms with Crippen LogP contribution in [0.5, 0.6) is 11.5 Å². The third-order valence-electron chi connectivity index (χ3n) is 2.32. The molecule has 0 spiro atoms. The first kappa shape index (κ1) is 13.0. The largest absolute Gasteiger partial charge is 0.455 e. The predicted molar refractivity (Wildman–Crippen MR) is 79.1 cm³/mol. The average molecular weight is 323 g/mol. The molecule has 1 aromatic heterocycles. The van der Waals surface area contributed by atoms with Crippen LogP contribution in [0.1, 0.15) is 11.3 Å². The molecule has 0 fully saturated rings. The molecule has 2 N–H and O–H groups in total. The van der Waals surface area contributed by atoms with Crippen molar-refractivity contribution in [2.45, 2.75) is 6.92 Å². The van der Waals surface area contributed by atoms with E-state index in [0.717, 1.165) is 10.2 Å². The molecule has 0 radical (unpaired) electrons. The van der Waals surface area contributed by atoms with Crippen molar-refractivity contribution in [3.05, 3.63) is 52.3 Å². The van der Waals surface area contributed by atoms with Crippen molar-refractivity contribution >= 4 is 33.1 Å². The van der Waals surface area contributed by atoms with Gasteiger partial charge in [-0.05, 0) is 37.3 Å². The number of nitrogens with two attached hydrogens (primary N) is 1. The zero-order valence-electron chi connectivity index (χ0n) is 9.68. The Labute approximate surface area is 119 Å². The van der Waals surface area contributed by atoms with Gasteiger partial charge < -0.3 is 10.5 Å². The van der Waals surface area contributed by atoms with Crippen LogP contribution in [0.4, 0.5) is 0 Å². The SMILES string of the molecule is Cc1ccc(Oc2ccc(Br)cc2C(N)=S)cn1. The molecule has 0 amide bonds. The Morgan fingerprint density at radius 1 is 1.33 bits per heavy atom. The lowest BCUT2D eigenvalue weighted by Crippen LogP contribution is -2.10. The second kappa shape index (κ2) is 5.46. The van der Waals surface area contributed by atoms with Crippen molar-refractivity contribution in [1.29, 1.82) is 0 Å². The zero-order valence-corrected chi connectivity index (χ0v) is 12.1. The summed E-state index contributed by atoms with van der Waals surface area (Å²) >= 11 is 8.38. The first-order chi connectivity index (χ1) is 8.56. The predicted octanol–water partition coefficient (Wildman–Crippen LogP) is 3.58. The van der Waals surface area contributed by atoms with Gasteiger partial charge in [0, 0.05) is 10.2 Å². The van der Waals surface area contributed by atoms with Crippen LogP contribution in [-0.2, 0) is 0 Å². The van der Waals surface area contributed by atoms with Crippen LogP contribution in [0, 0.1) is 6.92 Å². The molecule has 0 saturated carbocycles. The lowest BCUT2D eigenvalue weighted by atomic mass is 10.2. The van der Waals surface area contributed by atoms with Crippen molar-refractivity contribution < 1.29 is 4.74 Å². The zero-order chi connectivity index (χ0) is 13.1. The minimum absolute atomic E-state index is 0.298. The Kier molecular flexibility index (Phi) is 3.93. The van der Waals surface area contributed by atoms with Crippen LogP contribution in [0.25, 0.3) is 0 Å². The van der Waals surface area contributed by atoms with Crippen LogP contribution in [0.2, 0.25) is 0 Å². The quantitative estimate of drug-likeness (QED) is 0.877. The number of pyridine rings is 1. The lowest BCUT2D eigenvalue weighted by molar-refractivity contribution is 0.479. The summed E-state index contributed by atoms with van der Waals surface area (Å²) in [6.45, 7) is 1.92. The van der Waals surface area contributed by atoms with Gasteiger partial charge in [-0.15, -0.1) is 0 Å². The first-order valence-corrected chi connectivity index (χ1v) is 6.46. The summed E-state index contributed by atoms with van der Waals surface area (Å²) in [6, 6.07) is 9.26. The van der Waals surface area contributed by atoms with Crippen molar-refractivity contribution in [2.24, 2.45) is 5.73 Å². The van der Waals surface area contributed by atoms with E-state index in [-0.39, 0.29) is 0 Å². The van der Waals surface area contributed by atoms with Gasteiger partial charge in [0.1, 0.15) is 16.5 Å². The number of rotatable bonds is 3. The van der Waals surface area contributed by atoms with E-state index in [4.69, 9.17) is 22.7 Å². The monoisotopic (exact) mass is 322 g/mol. The van der Waals surface area contributed by atoms with E-state index in [1.165, 1.54) is 0 Å². The fourth-order valence-electron chi connectivity index (χ4n) is 1.43. The minimum Gasteiger partial charge on any atom is -0.455 e. The molecule has 1 aromatic carbocycles. The van der Waals surface area contributed by atoms with Gasteiger partial charge in [-0.25, -0.2) is 0 Å². The van der Waals surface area contributed by atoms with Gasteiger partial charge in [0.2, 0.25) is 0 Å². The number of hydrogen-bond acceptors (Lipinski definition) is 3. The maximum atomic E-state index is 5.73. The molecule has 1 heterocycles. The number of halogens is 1. The Hall–Kier alpha value is -1.46. The van der Waals surface area contributed by atoms with Gasteiger partial charge in [-0.3, -0.25) is 4.98 Å². The number of aromatic nitrogens is 1. The molecule has 3 nitrogen and oxygen atoms in total. The number of hydrogen-bond donors (Lipinski definition) is 1. The summed E-state index contributed by atoms with van der Waals surface area (Å²) in [4.78, 5) is 4.47. The molecule has 92 valence electrons. The summed E-state index contributed by atoms with van der Waals surface area (Å²) < 4.78 is 6.63. The van der Waals surface area contributed by atoms with Gasteiger partial charge in [-0.2, -0.15) is 0 Å². The molecule has 2 rings (SSSR count). The van der Waals surface area contributed by atoms with Crippen LogP contribution in [0.15, 0.2) is 41.0 Å². The van der Waals surface area contributed by atoms with E-state index in [9.17, 15) is 0 Å². The van der Waals surface area contributed by atoms with Crippen LogP contribution < -0.4 is 10.5 Å². The second-order valence-electron chi connectivity index (χ2n) is 3.74. The number of aryl methyl sites for hydroxylation is 1. The summed E-state index contributed by atoms with van der Waals surface area (Å²) in [5.41, 5.74) is 7.31. The van der Waals surface area contributed by atoms with Crippen LogP contribution in [0.3, 0.4) is 0 Å². The number of thiocarbonyl (C=S) groups is 1. The Morgan fingerprint density at radius 3 is 2.72 bits per heavy atom. The molecule has 5 heteroatoms. The second-order valence-corrected chi connectivity index (χ2v) is 5.10. The highest BCUT2D eigenvalue weighted by Crippen LogP contribution is 2.27. The van der Waals surface area contributed by atoms with Gasteiger partial charge in [-0.1, -0.05) is 28.1 Å². The maximum absolute atomic E-state index is 5.73. The number of nitrogens with zero attached hydrogens (tertiary/aromatic N) is 1. The van der Waals surface area contributed by atoms with Crippen molar-refractivity contribution in [2.75, 3.05) is 0 Å². The van der Waals surface area contributed by atoms with Gasteiger partial charge in [0.15, 0.2) is 0 Å². The van der Waals surface area contributed by atoms with Crippen LogP contribution in [-0.4, -0.2) is 9.97 Å². The molecule has 0 unspecified atom stereocenters. The molecule has 2 aromatic rings. The van der Waals surface area contributed by atoms with Gasteiger partial charge in [0.05, 0.1) is 11.8 Å². The molecular weight excluding hydrogens is 312 g/mol. The first-order valence-electron chi connectivity index (χ1n) is 5.26. The topological polar surface area (TPSA) is 48.1 Å². The number of ether oxygens (including phenoxy) is 1. The standard InChI is InChI=1S/C13H11BrN2OS/c1-8-2-4-10(7-16-8)17-12-5-3-9(14)6-11(12)13(15)18/h2-7H,1H3,(H2,15,18). The van der Waals surface area contributed by atoms with Crippen molar-refractivity contribution in [3.63, 3.8) is 0 Å². The highest BCUT2D eigenvalue weighted by Gasteiger charge is 2.08. The molecule has 0 aliphatic carbocycles. The van der Waals surface area contributed by atoms with Gasteiger partial charge in [0.25, 0.3) is 0 Å². The van der Waals surface area contributed by atoms with E-state index < -0.39 is 0 Å². The number of benzene rings is 1. The molecular formula is C13H11BrN2OS. The van der Waals surface area contributed by atoms with E-state index in [1.807, 2.05) is 37.3 Å². The Balaban J connectivity index is 2.34.